The van der Waals surface area contributed by atoms with Crippen LogP contribution >= 0.6 is 0 Å². The first-order chi connectivity index (χ1) is 7.64. The molecule has 1 saturated carbocycles. The molecule has 1 aliphatic rings. The summed E-state index contributed by atoms with van der Waals surface area (Å²) in [6.07, 6.45) is 5.24. The molecule has 0 amide bonds. The Labute approximate surface area is 96.5 Å². The first-order valence-corrected chi connectivity index (χ1v) is 5.94. The molecule has 90 valence electrons. The van der Waals surface area contributed by atoms with Gasteiger partial charge >= 0.3 is 0 Å². The van der Waals surface area contributed by atoms with E-state index >= 15 is 0 Å². The van der Waals surface area contributed by atoms with Gasteiger partial charge in [-0.3, -0.25) is 4.68 Å². The lowest BCUT2D eigenvalue weighted by Crippen LogP contribution is -2.43. The minimum atomic E-state index is 0.00725. The molecule has 3 N–H and O–H groups in total. The fourth-order valence-corrected chi connectivity index (χ4v) is 2.96. The van der Waals surface area contributed by atoms with Gasteiger partial charge in [0.2, 0.25) is 0 Å². The van der Waals surface area contributed by atoms with Gasteiger partial charge in [-0.2, -0.15) is 5.10 Å². The van der Waals surface area contributed by atoms with Crippen LogP contribution in [-0.2, 0) is 7.05 Å². The Hall–Kier alpha value is -0.870. The highest BCUT2D eigenvalue weighted by Gasteiger charge is 2.45. The Morgan fingerprint density at radius 2 is 2.31 bits per heavy atom. The topological polar surface area (TPSA) is 64.1 Å². The van der Waals surface area contributed by atoms with Gasteiger partial charge in [0, 0.05) is 37.2 Å². The Bertz CT molecular complexity index is 343. The molecule has 1 fully saturated rings. The zero-order valence-corrected chi connectivity index (χ0v) is 10.1. The van der Waals surface area contributed by atoms with Crippen molar-refractivity contribution in [3.05, 3.63) is 17.5 Å². The molecule has 0 unspecified atom stereocenters. The summed E-state index contributed by atoms with van der Waals surface area (Å²) < 4.78 is 1.91. The molecule has 16 heavy (non-hydrogen) atoms. The third-order valence-corrected chi connectivity index (χ3v) is 4.15. The Kier molecular flexibility index (Phi) is 3.04. The van der Waals surface area contributed by atoms with Crippen LogP contribution in [0.5, 0.6) is 0 Å². The predicted molar refractivity (Wildman–Crippen MR) is 63.1 cm³/mol. The van der Waals surface area contributed by atoms with Crippen molar-refractivity contribution in [1.29, 1.82) is 0 Å². The minimum Gasteiger partial charge on any atom is -0.396 e. The maximum atomic E-state index is 9.63. The van der Waals surface area contributed by atoms with Crippen molar-refractivity contribution < 1.29 is 5.11 Å². The van der Waals surface area contributed by atoms with E-state index in [1.54, 1.807) is 0 Å². The fourth-order valence-electron chi connectivity index (χ4n) is 2.96. The van der Waals surface area contributed by atoms with E-state index in [1.165, 1.54) is 17.7 Å². The van der Waals surface area contributed by atoms with Crippen LogP contribution in [0.1, 0.15) is 36.4 Å². The van der Waals surface area contributed by atoms with Crippen molar-refractivity contribution in [2.45, 2.75) is 32.1 Å². The largest absolute Gasteiger partial charge is 0.396 e. The molecule has 0 saturated heterocycles. The quantitative estimate of drug-likeness (QED) is 0.798. The van der Waals surface area contributed by atoms with Crippen LogP contribution < -0.4 is 5.73 Å². The molecule has 1 aliphatic carbocycles. The number of aliphatic hydroxyl groups excluding tert-OH is 1. The summed E-state index contributed by atoms with van der Waals surface area (Å²) in [4.78, 5) is 0. The van der Waals surface area contributed by atoms with Crippen molar-refractivity contribution >= 4 is 0 Å². The van der Waals surface area contributed by atoms with Crippen LogP contribution in [0.25, 0.3) is 0 Å². The second kappa shape index (κ2) is 4.18. The van der Waals surface area contributed by atoms with Crippen LogP contribution in [-0.4, -0.2) is 28.0 Å². The fraction of sp³-hybridized carbons (Fsp3) is 0.750. The van der Waals surface area contributed by atoms with Crippen LogP contribution in [0.15, 0.2) is 6.20 Å². The third-order valence-electron chi connectivity index (χ3n) is 4.15. The Balaban J connectivity index is 2.36. The lowest BCUT2D eigenvalue weighted by Gasteiger charge is -2.46. The summed E-state index contributed by atoms with van der Waals surface area (Å²) in [7, 11) is 1.95. The SMILES string of the molecule is Cc1cnn(C)c1[C@@H](CN)C1(CO)CCC1. The van der Waals surface area contributed by atoms with Crippen LogP contribution in [0.3, 0.4) is 0 Å². The second-order valence-corrected chi connectivity index (χ2v) is 5.00. The Morgan fingerprint density at radius 3 is 2.62 bits per heavy atom. The molecule has 2 rings (SSSR count). The standard InChI is InChI=1S/C12H21N3O/c1-9-7-14-15(2)11(9)10(6-13)12(8-16)4-3-5-12/h7,10,16H,3-6,8,13H2,1-2H3/t10-/m1/s1. The summed E-state index contributed by atoms with van der Waals surface area (Å²) in [6, 6.07) is 0. The molecule has 1 aromatic heterocycles. The van der Waals surface area contributed by atoms with Crippen LogP contribution in [0, 0.1) is 12.3 Å². The van der Waals surface area contributed by atoms with E-state index in [9.17, 15) is 5.11 Å². The predicted octanol–water partition coefficient (Wildman–Crippen LogP) is 0.933. The highest BCUT2D eigenvalue weighted by Crippen LogP contribution is 2.51. The van der Waals surface area contributed by atoms with Gasteiger partial charge in [0.15, 0.2) is 0 Å². The second-order valence-electron chi connectivity index (χ2n) is 5.00. The summed E-state index contributed by atoms with van der Waals surface area (Å²) in [5.74, 6) is 0.235. The van der Waals surface area contributed by atoms with Crippen LogP contribution in [0.2, 0.25) is 0 Å². The molecule has 0 radical (unpaired) electrons. The van der Waals surface area contributed by atoms with Gasteiger partial charge in [0.05, 0.1) is 6.20 Å². The summed E-state index contributed by atoms with van der Waals surface area (Å²) in [5, 5.41) is 13.9. The van der Waals surface area contributed by atoms with Gasteiger partial charge in [-0.15, -0.1) is 0 Å². The highest BCUT2D eigenvalue weighted by molar-refractivity contribution is 5.24. The molecular weight excluding hydrogens is 202 g/mol. The molecule has 1 atom stereocenters. The molecule has 0 spiro atoms. The zero-order valence-electron chi connectivity index (χ0n) is 10.1. The number of nitrogens with two attached hydrogens (primary N) is 1. The van der Waals surface area contributed by atoms with Crippen molar-refractivity contribution in [3.8, 4) is 0 Å². The summed E-state index contributed by atoms with van der Waals surface area (Å²) in [6.45, 7) is 2.88. The molecule has 1 aromatic rings. The molecule has 4 nitrogen and oxygen atoms in total. The van der Waals surface area contributed by atoms with E-state index < -0.39 is 0 Å². The van der Waals surface area contributed by atoms with E-state index in [2.05, 4.69) is 12.0 Å². The number of rotatable bonds is 4. The maximum absolute atomic E-state index is 9.63. The molecule has 1 heterocycles. The first kappa shape index (κ1) is 11.6. The molecular formula is C12H21N3O. The van der Waals surface area contributed by atoms with Gasteiger partial charge in [-0.1, -0.05) is 6.42 Å². The number of aromatic nitrogens is 2. The van der Waals surface area contributed by atoms with E-state index in [0.29, 0.717) is 6.54 Å². The zero-order chi connectivity index (χ0) is 11.8. The normalized spacial score (nSPS) is 20.5. The highest BCUT2D eigenvalue weighted by atomic mass is 16.3. The number of hydrogen-bond acceptors (Lipinski definition) is 3. The average Bonchev–Trinajstić information content (AvgIpc) is 2.53. The van der Waals surface area contributed by atoms with Gasteiger partial charge in [-0.05, 0) is 25.3 Å². The molecule has 0 aromatic carbocycles. The van der Waals surface area contributed by atoms with E-state index in [0.717, 1.165) is 12.8 Å². The van der Waals surface area contributed by atoms with E-state index in [4.69, 9.17) is 5.73 Å². The number of hydrogen-bond donors (Lipinski definition) is 2. The molecule has 4 heteroatoms. The molecule has 0 bridgehead atoms. The first-order valence-electron chi connectivity index (χ1n) is 5.94. The number of aryl methyl sites for hydroxylation is 2. The van der Waals surface area contributed by atoms with Gasteiger partial charge < -0.3 is 10.8 Å². The average molecular weight is 223 g/mol. The van der Waals surface area contributed by atoms with Gasteiger partial charge in [0.1, 0.15) is 0 Å². The number of aliphatic hydroxyl groups is 1. The summed E-state index contributed by atoms with van der Waals surface area (Å²) >= 11 is 0. The van der Waals surface area contributed by atoms with E-state index in [1.807, 2.05) is 17.9 Å². The minimum absolute atomic E-state index is 0.00725. The number of nitrogens with zero attached hydrogens (tertiary/aromatic N) is 2. The van der Waals surface area contributed by atoms with Gasteiger partial charge in [-0.25, -0.2) is 0 Å². The van der Waals surface area contributed by atoms with Crippen molar-refractivity contribution in [2.24, 2.45) is 18.2 Å². The van der Waals surface area contributed by atoms with Crippen LogP contribution in [0.4, 0.5) is 0 Å². The lowest BCUT2D eigenvalue weighted by atomic mass is 9.60. The monoisotopic (exact) mass is 223 g/mol. The summed E-state index contributed by atoms with van der Waals surface area (Å²) in [5.41, 5.74) is 8.30. The van der Waals surface area contributed by atoms with Crippen molar-refractivity contribution in [1.82, 2.24) is 9.78 Å². The van der Waals surface area contributed by atoms with Crippen molar-refractivity contribution in [3.63, 3.8) is 0 Å². The smallest absolute Gasteiger partial charge is 0.0521 e. The van der Waals surface area contributed by atoms with Crippen molar-refractivity contribution in [2.75, 3.05) is 13.2 Å². The molecule has 0 aliphatic heterocycles. The maximum Gasteiger partial charge on any atom is 0.0521 e. The third kappa shape index (κ3) is 1.57. The van der Waals surface area contributed by atoms with Gasteiger partial charge in [0.25, 0.3) is 0 Å². The van der Waals surface area contributed by atoms with E-state index in [-0.39, 0.29) is 17.9 Å². The lowest BCUT2D eigenvalue weighted by molar-refractivity contribution is 0.0167. The Morgan fingerprint density at radius 1 is 1.62 bits per heavy atom.